The predicted molar refractivity (Wildman–Crippen MR) is 133 cm³/mol. The molecule has 0 unspecified atom stereocenters. The Labute approximate surface area is 194 Å². The molecule has 6 aromatic rings. The number of H-pyrrole nitrogens is 2. The topological polar surface area (TPSA) is 95.2 Å². The number of aromatic amines is 2. The Bertz CT molecular complexity index is 1560. The third-order valence-corrected chi connectivity index (χ3v) is 6.43. The van der Waals surface area contributed by atoms with Gasteiger partial charge in [0, 0.05) is 53.2 Å². The third kappa shape index (κ3) is 3.59. The molecule has 0 aliphatic heterocycles. The molecular weight excluding hydrogens is 430 g/mol. The van der Waals surface area contributed by atoms with Crippen LogP contribution in [0.4, 0.5) is 0 Å². The van der Waals surface area contributed by atoms with E-state index in [9.17, 15) is 0 Å². The van der Waals surface area contributed by atoms with E-state index >= 15 is 0 Å². The molecule has 3 N–H and O–H groups in total. The van der Waals surface area contributed by atoms with E-state index in [0.29, 0.717) is 0 Å². The predicted octanol–water partition coefficient (Wildman–Crippen LogP) is 5.40. The van der Waals surface area contributed by atoms with Gasteiger partial charge in [-0.1, -0.05) is 6.92 Å². The zero-order chi connectivity index (χ0) is 22.2. The van der Waals surface area contributed by atoms with Crippen LogP contribution in [0.5, 0.6) is 0 Å². The number of thiophene rings is 1. The number of aromatic nitrogens is 6. The van der Waals surface area contributed by atoms with E-state index in [2.05, 4.69) is 83.5 Å². The highest BCUT2D eigenvalue weighted by Crippen LogP contribution is 2.34. The number of pyridine rings is 3. The Balaban J connectivity index is 1.44. The van der Waals surface area contributed by atoms with Crippen LogP contribution in [0.25, 0.3) is 55.7 Å². The minimum absolute atomic E-state index is 0.746. The third-order valence-electron chi connectivity index (χ3n) is 5.74. The molecule has 0 bridgehead atoms. The normalized spacial score (nSPS) is 11.5. The Hall–Kier alpha value is -3.88. The lowest BCUT2D eigenvalue weighted by molar-refractivity contribution is 0.724. The molecule has 0 saturated heterocycles. The van der Waals surface area contributed by atoms with Gasteiger partial charge in [-0.2, -0.15) is 16.4 Å². The van der Waals surface area contributed by atoms with E-state index < -0.39 is 0 Å². The summed E-state index contributed by atoms with van der Waals surface area (Å²) in [6, 6.07) is 10.6. The SMILES string of the molecule is CCNCc1cncc(-c2cnc3[nH]nc(-c4cc5c(-c6ccsc6)ccnc5[nH]4)c3c2)c1. The summed E-state index contributed by atoms with van der Waals surface area (Å²) in [6.45, 7) is 3.81. The highest BCUT2D eigenvalue weighted by molar-refractivity contribution is 7.08. The molecule has 162 valence electrons. The standard InChI is InChI=1S/C25H21N7S/c1-2-26-10-15-7-17(12-27-11-15)18-8-21-23(31-32-25(21)29-13-18)22-9-20-19(16-4-6-33-14-16)3-5-28-24(20)30-22/h3-9,11-14,26H,2,10H2,1H3,(H,28,30)(H,29,31,32). The summed E-state index contributed by atoms with van der Waals surface area (Å²) in [5.41, 5.74) is 8.85. The molecule has 6 aromatic heterocycles. The van der Waals surface area contributed by atoms with E-state index in [-0.39, 0.29) is 0 Å². The number of fused-ring (bicyclic) bond motifs is 2. The average molecular weight is 452 g/mol. The van der Waals surface area contributed by atoms with Gasteiger partial charge in [0.1, 0.15) is 11.3 Å². The van der Waals surface area contributed by atoms with Gasteiger partial charge in [-0.15, -0.1) is 0 Å². The summed E-state index contributed by atoms with van der Waals surface area (Å²) in [6.07, 6.45) is 7.47. The molecule has 0 fully saturated rings. The molecule has 7 nitrogen and oxygen atoms in total. The minimum Gasteiger partial charge on any atom is -0.338 e. The molecule has 0 aromatic carbocycles. The summed E-state index contributed by atoms with van der Waals surface area (Å²) >= 11 is 1.69. The van der Waals surface area contributed by atoms with Crippen molar-refractivity contribution in [3.63, 3.8) is 0 Å². The monoisotopic (exact) mass is 451 g/mol. The van der Waals surface area contributed by atoms with Crippen LogP contribution in [-0.4, -0.2) is 36.7 Å². The zero-order valence-corrected chi connectivity index (χ0v) is 18.8. The van der Waals surface area contributed by atoms with Crippen molar-refractivity contribution in [3.05, 3.63) is 71.4 Å². The van der Waals surface area contributed by atoms with Crippen molar-refractivity contribution < 1.29 is 0 Å². The van der Waals surface area contributed by atoms with Crippen LogP contribution in [0.2, 0.25) is 0 Å². The maximum absolute atomic E-state index is 4.62. The number of rotatable bonds is 6. The largest absolute Gasteiger partial charge is 0.338 e. The van der Waals surface area contributed by atoms with Crippen molar-refractivity contribution in [2.24, 2.45) is 0 Å². The molecule has 0 radical (unpaired) electrons. The molecule has 0 spiro atoms. The van der Waals surface area contributed by atoms with E-state index in [1.807, 2.05) is 24.8 Å². The van der Waals surface area contributed by atoms with E-state index in [1.54, 1.807) is 11.3 Å². The van der Waals surface area contributed by atoms with Crippen LogP contribution in [-0.2, 0) is 6.54 Å². The molecule has 0 amide bonds. The van der Waals surface area contributed by atoms with Gasteiger partial charge in [0.25, 0.3) is 0 Å². The molecule has 6 heterocycles. The van der Waals surface area contributed by atoms with Gasteiger partial charge in [-0.3, -0.25) is 10.1 Å². The Morgan fingerprint density at radius 3 is 2.76 bits per heavy atom. The van der Waals surface area contributed by atoms with Gasteiger partial charge < -0.3 is 10.3 Å². The molecular formula is C25H21N7S. The summed E-state index contributed by atoms with van der Waals surface area (Å²) in [5.74, 6) is 0. The van der Waals surface area contributed by atoms with E-state index in [4.69, 9.17) is 0 Å². The van der Waals surface area contributed by atoms with Crippen LogP contribution >= 0.6 is 11.3 Å². The molecule has 0 saturated carbocycles. The molecule has 0 atom stereocenters. The van der Waals surface area contributed by atoms with Gasteiger partial charge in [0.2, 0.25) is 0 Å². The second-order valence-electron chi connectivity index (χ2n) is 7.87. The zero-order valence-electron chi connectivity index (χ0n) is 18.0. The molecule has 8 heteroatoms. The lowest BCUT2D eigenvalue weighted by atomic mass is 10.1. The number of hydrogen-bond donors (Lipinski definition) is 3. The van der Waals surface area contributed by atoms with E-state index in [0.717, 1.165) is 68.8 Å². The van der Waals surface area contributed by atoms with Crippen LogP contribution < -0.4 is 5.32 Å². The van der Waals surface area contributed by atoms with E-state index in [1.165, 1.54) is 5.56 Å². The first-order valence-corrected chi connectivity index (χ1v) is 11.7. The highest BCUT2D eigenvalue weighted by Gasteiger charge is 2.15. The second-order valence-corrected chi connectivity index (χ2v) is 8.65. The maximum Gasteiger partial charge on any atom is 0.155 e. The molecule has 0 aliphatic carbocycles. The second kappa shape index (κ2) is 8.23. The van der Waals surface area contributed by atoms with Gasteiger partial charge in [-0.05, 0) is 64.3 Å². The first-order valence-electron chi connectivity index (χ1n) is 10.8. The van der Waals surface area contributed by atoms with Crippen LogP contribution in [0.15, 0.2) is 65.9 Å². The fourth-order valence-electron chi connectivity index (χ4n) is 4.10. The number of hydrogen-bond acceptors (Lipinski definition) is 6. The maximum atomic E-state index is 4.62. The van der Waals surface area contributed by atoms with Gasteiger partial charge in [-0.25, -0.2) is 9.97 Å². The Morgan fingerprint density at radius 2 is 1.88 bits per heavy atom. The van der Waals surface area contributed by atoms with Crippen molar-refractivity contribution >= 4 is 33.4 Å². The van der Waals surface area contributed by atoms with Crippen molar-refractivity contribution in [2.75, 3.05) is 6.54 Å². The van der Waals surface area contributed by atoms with Crippen molar-refractivity contribution in [1.29, 1.82) is 0 Å². The summed E-state index contributed by atoms with van der Waals surface area (Å²) in [4.78, 5) is 17.0. The first kappa shape index (κ1) is 19.8. The van der Waals surface area contributed by atoms with Crippen molar-refractivity contribution in [3.8, 4) is 33.6 Å². The Kier molecular flexibility index (Phi) is 4.93. The smallest absolute Gasteiger partial charge is 0.155 e. The van der Waals surface area contributed by atoms with Gasteiger partial charge >= 0.3 is 0 Å². The average Bonchev–Trinajstić information content (AvgIpc) is 3.61. The molecule has 6 rings (SSSR count). The summed E-state index contributed by atoms with van der Waals surface area (Å²) in [7, 11) is 0. The van der Waals surface area contributed by atoms with Gasteiger partial charge in [0.15, 0.2) is 5.65 Å². The number of nitrogens with zero attached hydrogens (tertiary/aromatic N) is 4. The minimum atomic E-state index is 0.746. The fraction of sp³-hybridized carbons (Fsp3) is 0.120. The number of nitrogens with one attached hydrogen (secondary N) is 3. The molecule has 33 heavy (non-hydrogen) atoms. The van der Waals surface area contributed by atoms with Crippen LogP contribution in [0.1, 0.15) is 12.5 Å². The van der Waals surface area contributed by atoms with Gasteiger partial charge in [0.05, 0.1) is 5.69 Å². The van der Waals surface area contributed by atoms with Crippen LogP contribution in [0, 0.1) is 0 Å². The molecule has 0 aliphatic rings. The summed E-state index contributed by atoms with van der Waals surface area (Å²) in [5, 5.41) is 17.3. The summed E-state index contributed by atoms with van der Waals surface area (Å²) < 4.78 is 0. The van der Waals surface area contributed by atoms with Crippen molar-refractivity contribution in [1.82, 2.24) is 35.5 Å². The first-order chi connectivity index (χ1) is 16.3. The fourth-order valence-corrected chi connectivity index (χ4v) is 4.76. The van der Waals surface area contributed by atoms with Crippen molar-refractivity contribution in [2.45, 2.75) is 13.5 Å². The lowest BCUT2D eigenvalue weighted by Gasteiger charge is -2.05. The lowest BCUT2D eigenvalue weighted by Crippen LogP contribution is -2.11. The Morgan fingerprint density at radius 1 is 0.939 bits per heavy atom. The quantitative estimate of drug-likeness (QED) is 0.315. The highest BCUT2D eigenvalue weighted by atomic mass is 32.1. The van der Waals surface area contributed by atoms with Crippen LogP contribution in [0.3, 0.4) is 0 Å².